The van der Waals surface area contributed by atoms with Gasteiger partial charge in [0.2, 0.25) is 0 Å². The minimum atomic E-state index is -4.50. The van der Waals surface area contributed by atoms with Crippen molar-refractivity contribution in [1.82, 2.24) is 14.7 Å². The number of ketones is 1. The highest BCUT2D eigenvalue weighted by atomic mass is 19.4. The van der Waals surface area contributed by atoms with Crippen LogP contribution in [0.1, 0.15) is 46.0 Å². The number of benzene rings is 1. The number of rotatable bonds is 4. The van der Waals surface area contributed by atoms with Gasteiger partial charge < -0.3 is 4.90 Å². The van der Waals surface area contributed by atoms with Gasteiger partial charge in [0.15, 0.2) is 5.78 Å². The molecule has 0 saturated carbocycles. The topological polar surface area (TPSA) is 55.2 Å². The highest BCUT2D eigenvalue weighted by Gasteiger charge is 2.33. The number of Topliss-reactive ketones (excluding diaryl/α,β-unsaturated/α-hetero) is 1. The molecule has 2 aromatic rings. The van der Waals surface area contributed by atoms with E-state index in [0.29, 0.717) is 31.5 Å². The predicted molar refractivity (Wildman–Crippen MR) is 92.3 cm³/mol. The van der Waals surface area contributed by atoms with E-state index in [1.54, 1.807) is 15.8 Å². The first kappa shape index (κ1) is 19.1. The van der Waals surface area contributed by atoms with Gasteiger partial charge >= 0.3 is 6.18 Å². The lowest BCUT2D eigenvalue weighted by Crippen LogP contribution is -2.42. The number of halogens is 3. The molecule has 8 heteroatoms. The third kappa shape index (κ3) is 4.20. The predicted octanol–water partition coefficient (Wildman–Crippen LogP) is 3.66. The molecule has 0 N–H and O–H groups in total. The van der Waals surface area contributed by atoms with E-state index in [4.69, 9.17) is 0 Å². The maximum absolute atomic E-state index is 12.9. The second-order valence-corrected chi connectivity index (χ2v) is 6.62. The summed E-state index contributed by atoms with van der Waals surface area (Å²) in [6, 6.07) is 4.46. The van der Waals surface area contributed by atoms with Crippen molar-refractivity contribution in [2.75, 3.05) is 13.1 Å². The van der Waals surface area contributed by atoms with Gasteiger partial charge in [-0.3, -0.25) is 14.3 Å². The molecule has 27 heavy (non-hydrogen) atoms. The van der Waals surface area contributed by atoms with Gasteiger partial charge in [0.25, 0.3) is 5.91 Å². The zero-order valence-corrected chi connectivity index (χ0v) is 14.9. The standard InChI is InChI=1S/C19H20F3N3O2/c1-2-25-12-15(10-23-25)18(27)24-8-4-6-14(11-24)17(26)13-5-3-7-16(9-13)19(20,21)22/h3,5,7,9-10,12,14H,2,4,6,8,11H2,1H3/t14-/m0/s1. The highest BCUT2D eigenvalue weighted by molar-refractivity contribution is 5.99. The largest absolute Gasteiger partial charge is 0.416 e. The summed E-state index contributed by atoms with van der Waals surface area (Å²) in [4.78, 5) is 26.9. The van der Waals surface area contributed by atoms with E-state index in [1.165, 1.54) is 18.3 Å². The van der Waals surface area contributed by atoms with Crippen LogP contribution in [0.15, 0.2) is 36.7 Å². The summed E-state index contributed by atoms with van der Waals surface area (Å²) >= 11 is 0. The smallest absolute Gasteiger partial charge is 0.338 e. The maximum atomic E-state index is 12.9. The van der Waals surface area contributed by atoms with Crippen molar-refractivity contribution >= 4 is 11.7 Å². The van der Waals surface area contributed by atoms with Gasteiger partial charge in [-0.1, -0.05) is 12.1 Å². The zero-order valence-electron chi connectivity index (χ0n) is 14.9. The molecule has 1 aromatic carbocycles. The van der Waals surface area contributed by atoms with Crippen molar-refractivity contribution in [3.63, 3.8) is 0 Å². The molecule has 1 saturated heterocycles. The van der Waals surface area contributed by atoms with Crippen molar-refractivity contribution in [2.24, 2.45) is 5.92 Å². The third-order valence-corrected chi connectivity index (χ3v) is 4.76. The summed E-state index contributed by atoms with van der Waals surface area (Å²) in [5, 5.41) is 4.08. The van der Waals surface area contributed by atoms with Crippen molar-refractivity contribution in [1.29, 1.82) is 0 Å². The number of likely N-dealkylation sites (tertiary alicyclic amines) is 1. The van der Waals surface area contributed by atoms with Crippen LogP contribution in [0.5, 0.6) is 0 Å². The summed E-state index contributed by atoms with van der Waals surface area (Å²) in [5.74, 6) is -1.08. The number of carbonyl (C=O) groups is 2. The number of alkyl halides is 3. The molecule has 1 aliphatic rings. The maximum Gasteiger partial charge on any atom is 0.416 e. The normalized spacial score (nSPS) is 17.8. The molecule has 0 aliphatic carbocycles. The van der Waals surface area contributed by atoms with Gasteiger partial charge in [-0.2, -0.15) is 18.3 Å². The molecule has 1 aliphatic heterocycles. The van der Waals surface area contributed by atoms with E-state index in [0.717, 1.165) is 12.1 Å². The van der Waals surface area contributed by atoms with Crippen molar-refractivity contribution in [2.45, 2.75) is 32.5 Å². The van der Waals surface area contributed by atoms with Crippen LogP contribution in [-0.4, -0.2) is 39.5 Å². The van der Waals surface area contributed by atoms with E-state index in [2.05, 4.69) is 5.10 Å². The fraction of sp³-hybridized carbons (Fsp3) is 0.421. The van der Waals surface area contributed by atoms with Crippen LogP contribution >= 0.6 is 0 Å². The van der Waals surface area contributed by atoms with E-state index >= 15 is 0 Å². The molecule has 0 unspecified atom stereocenters. The average molecular weight is 379 g/mol. The third-order valence-electron chi connectivity index (χ3n) is 4.76. The summed E-state index contributed by atoms with van der Waals surface area (Å²) in [7, 11) is 0. The molecule has 2 heterocycles. The number of nitrogens with zero attached hydrogens (tertiary/aromatic N) is 3. The summed E-state index contributed by atoms with van der Waals surface area (Å²) < 4.78 is 40.3. The van der Waals surface area contributed by atoms with E-state index in [-0.39, 0.29) is 23.8 Å². The number of hydrogen-bond donors (Lipinski definition) is 0. The molecule has 0 spiro atoms. The number of aromatic nitrogens is 2. The molecule has 144 valence electrons. The zero-order chi connectivity index (χ0) is 19.6. The Morgan fingerprint density at radius 3 is 2.70 bits per heavy atom. The van der Waals surface area contributed by atoms with E-state index < -0.39 is 17.7 Å². The monoisotopic (exact) mass is 379 g/mol. The van der Waals surface area contributed by atoms with Crippen LogP contribution in [0.3, 0.4) is 0 Å². The van der Waals surface area contributed by atoms with E-state index in [1.807, 2.05) is 6.92 Å². The van der Waals surface area contributed by atoms with Crippen LogP contribution in [-0.2, 0) is 12.7 Å². The Balaban J connectivity index is 1.74. The molecular formula is C19H20F3N3O2. The van der Waals surface area contributed by atoms with Crippen LogP contribution in [0, 0.1) is 5.92 Å². The molecule has 5 nitrogen and oxygen atoms in total. The molecule has 0 radical (unpaired) electrons. The van der Waals surface area contributed by atoms with E-state index in [9.17, 15) is 22.8 Å². The lowest BCUT2D eigenvalue weighted by atomic mass is 9.89. The number of aryl methyl sites for hydroxylation is 1. The number of amides is 1. The first-order chi connectivity index (χ1) is 12.8. The molecular weight excluding hydrogens is 359 g/mol. The number of carbonyl (C=O) groups excluding carboxylic acids is 2. The Morgan fingerprint density at radius 1 is 1.26 bits per heavy atom. The van der Waals surface area contributed by atoms with Gasteiger partial charge in [0.05, 0.1) is 17.3 Å². The van der Waals surface area contributed by atoms with Crippen LogP contribution in [0.4, 0.5) is 13.2 Å². The van der Waals surface area contributed by atoms with Crippen LogP contribution in [0.2, 0.25) is 0 Å². The van der Waals surface area contributed by atoms with Crippen molar-refractivity contribution in [3.8, 4) is 0 Å². The summed E-state index contributed by atoms with van der Waals surface area (Å²) in [6.45, 7) is 3.27. The fourth-order valence-electron chi connectivity index (χ4n) is 3.29. The molecule has 3 rings (SSSR count). The average Bonchev–Trinajstić information content (AvgIpc) is 3.15. The molecule has 1 aromatic heterocycles. The first-order valence-electron chi connectivity index (χ1n) is 8.82. The molecule has 1 fully saturated rings. The van der Waals surface area contributed by atoms with Gasteiger partial charge in [-0.25, -0.2) is 0 Å². The van der Waals surface area contributed by atoms with Gasteiger partial charge in [0.1, 0.15) is 0 Å². The van der Waals surface area contributed by atoms with Crippen molar-refractivity contribution < 1.29 is 22.8 Å². The Labute approximate surface area is 154 Å². The first-order valence-corrected chi connectivity index (χ1v) is 8.82. The second-order valence-electron chi connectivity index (χ2n) is 6.62. The van der Waals surface area contributed by atoms with Gasteiger partial charge in [-0.15, -0.1) is 0 Å². The van der Waals surface area contributed by atoms with Crippen LogP contribution in [0.25, 0.3) is 0 Å². The Morgan fingerprint density at radius 2 is 2.04 bits per heavy atom. The fourth-order valence-corrected chi connectivity index (χ4v) is 3.29. The number of hydrogen-bond acceptors (Lipinski definition) is 3. The van der Waals surface area contributed by atoms with Gasteiger partial charge in [-0.05, 0) is 31.9 Å². The SMILES string of the molecule is CCn1cc(C(=O)N2CCC[C@H](C(=O)c3cccc(C(F)(F)F)c3)C2)cn1. The number of piperidine rings is 1. The molecule has 1 atom stereocenters. The Bertz CT molecular complexity index is 845. The van der Waals surface area contributed by atoms with Crippen molar-refractivity contribution in [3.05, 3.63) is 53.3 Å². The minimum absolute atomic E-state index is 0.0305. The Kier molecular flexibility index (Phi) is 5.34. The van der Waals surface area contributed by atoms with Crippen LogP contribution < -0.4 is 0 Å². The highest BCUT2D eigenvalue weighted by Crippen LogP contribution is 2.31. The summed E-state index contributed by atoms with van der Waals surface area (Å²) in [6.07, 6.45) is -0.176. The Hall–Kier alpha value is -2.64. The quantitative estimate of drug-likeness (QED) is 0.762. The minimum Gasteiger partial charge on any atom is -0.338 e. The molecule has 1 amide bonds. The summed E-state index contributed by atoms with van der Waals surface area (Å²) in [5.41, 5.74) is -0.365. The lowest BCUT2D eigenvalue weighted by molar-refractivity contribution is -0.137. The lowest BCUT2D eigenvalue weighted by Gasteiger charge is -2.32. The van der Waals surface area contributed by atoms with Gasteiger partial charge in [0, 0.05) is 37.3 Å². The second kappa shape index (κ2) is 7.54. The molecule has 0 bridgehead atoms.